The van der Waals surface area contributed by atoms with Gasteiger partial charge in [0.15, 0.2) is 0 Å². The molecule has 1 aromatic carbocycles. The second-order valence-corrected chi connectivity index (χ2v) is 6.38. The van der Waals surface area contributed by atoms with Crippen LogP contribution < -0.4 is 0 Å². The Morgan fingerprint density at radius 1 is 1.26 bits per heavy atom. The van der Waals surface area contributed by atoms with Crippen LogP contribution in [0.25, 0.3) is 10.9 Å². The molecule has 1 saturated carbocycles. The number of nitrogens with one attached hydrogen (secondary N) is 1. The molecule has 3 heteroatoms. The highest BCUT2D eigenvalue weighted by Crippen LogP contribution is 2.51. The van der Waals surface area contributed by atoms with Crippen LogP contribution in [-0.4, -0.2) is 29.0 Å². The fourth-order valence-corrected chi connectivity index (χ4v) is 4.84. The average molecular weight is 256 g/mol. The van der Waals surface area contributed by atoms with Crippen molar-refractivity contribution in [1.29, 1.82) is 0 Å². The highest BCUT2D eigenvalue weighted by Gasteiger charge is 2.49. The summed E-state index contributed by atoms with van der Waals surface area (Å²) in [4.78, 5) is 6.28. The van der Waals surface area contributed by atoms with Crippen molar-refractivity contribution in [3.05, 3.63) is 35.3 Å². The molecule has 19 heavy (non-hydrogen) atoms. The number of piperidine rings is 1. The Hall–Kier alpha value is -1.35. The Labute approximate surface area is 111 Å². The van der Waals surface area contributed by atoms with E-state index in [0.717, 1.165) is 35.8 Å². The number of hydrogen-bond donors (Lipinski definition) is 1. The van der Waals surface area contributed by atoms with Crippen LogP contribution in [0.15, 0.2) is 18.2 Å². The number of aromatic nitrogens is 1. The molecule has 98 valence electrons. The normalized spacial score (nSPS) is 35.6. The van der Waals surface area contributed by atoms with Crippen molar-refractivity contribution in [2.45, 2.75) is 31.2 Å². The van der Waals surface area contributed by atoms with Crippen molar-refractivity contribution < 1.29 is 4.39 Å². The van der Waals surface area contributed by atoms with E-state index in [2.05, 4.69) is 9.88 Å². The van der Waals surface area contributed by atoms with Gasteiger partial charge in [0.2, 0.25) is 0 Å². The Morgan fingerprint density at radius 3 is 3.16 bits per heavy atom. The van der Waals surface area contributed by atoms with Crippen molar-refractivity contribution in [1.82, 2.24) is 9.88 Å². The van der Waals surface area contributed by atoms with E-state index in [1.54, 1.807) is 12.1 Å². The molecule has 1 aromatic heterocycles. The van der Waals surface area contributed by atoms with Crippen LogP contribution in [0.5, 0.6) is 0 Å². The molecule has 1 aliphatic carbocycles. The molecule has 0 spiro atoms. The zero-order valence-electron chi connectivity index (χ0n) is 10.8. The lowest BCUT2D eigenvalue weighted by molar-refractivity contribution is 0.217. The zero-order chi connectivity index (χ0) is 12.6. The molecule has 3 aliphatic rings. The summed E-state index contributed by atoms with van der Waals surface area (Å²) in [5.74, 6) is 1.38. The summed E-state index contributed by atoms with van der Waals surface area (Å²) in [5, 5.41) is 1.11. The monoisotopic (exact) mass is 256 g/mol. The molecule has 2 fully saturated rings. The largest absolute Gasteiger partial charge is 0.358 e. The van der Waals surface area contributed by atoms with E-state index in [0.29, 0.717) is 5.92 Å². The fraction of sp³-hybridized carbons (Fsp3) is 0.500. The molecular formula is C16H17FN2. The van der Waals surface area contributed by atoms with Crippen molar-refractivity contribution in [3.63, 3.8) is 0 Å². The number of fused-ring (bicyclic) bond motifs is 3. The molecule has 4 atom stereocenters. The van der Waals surface area contributed by atoms with E-state index in [-0.39, 0.29) is 5.82 Å². The second kappa shape index (κ2) is 3.40. The van der Waals surface area contributed by atoms with Crippen LogP contribution >= 0.6 is 0 Å². The first-order chi connectivity index (χ1) is 9.31. The van der Waals surface area contributed by atoms with Crippen LogP contribution in [0.2, 0.25) is 0 Å². The fourth-order valence-electron chi connectivity index (χ4n) is 4.84. The van der Waals surface area contributed by atoms with Gasteiger partial charge in [-0.05, 0) is 48.9 Å². The van der Waals surface area contributed by atoms with E-state index >= 15 is 0 Å². The van der Waals surface area contributed by atoms with Gasteiger partial charge in [0.25, 0.3) is 0 Å². The topological polar surface area (TPSA) is 19.0 Å². The first kappa shape index (κ1) is 10.4. The summed E-state index contributed by atoms with van der Waals surface area (Å²) >= 11 is 0. The number of H-pyrrole nitrogens is 1. The third kappa shape index (κ3) is 1.24. The van der Waals surface area contributed by atoms with E-state index in [1.165, 1.54) is 30.6 Å². The third-order valence-corrected chi connectivity index (χ3v) is 5.58. The van der Waals surface area contributed by atoms with Gasteiger partial charge in [-0.15, -0.1) is 0 Å². The van der Waals surface area contributed by atoms with Gasteiger partial charge in [0.05, 0.1) is 0 Å². The van der Waals surface area contributed by atoms with Gasteiger partial charge in [-0.3, -0.25) is 4.90 Å². The van der Waals surface area contributed by atoms with E-state index in [1.807, 2.05) is 6.07 Å². The molecule has 3 heterocycles. The maximum absolute atomic E-state index is 13.5. The van der Waals surface area contributed by atoms with Crippen LogP contribution in [0.4, 0.5) is 4.39 Å². The summed E-state index contributed by atoms with van der Waals surface area (Å²) in [7, 11) is 0. The molecule has 3 unspecified atom stereocenters. The smallest absolute Gasteiger partial charge is 0.123 e. The minimum absolute atomic E-state index is 0.119. The Kier molecular flexibility index (Phi) is 1.87. The van der Waals surface area contributed by atoms with E-state index in [4.69, 9.17) is 0 Å². The summed E-state index contributed by atoms with van der Waals surface area (Å²) in [6.45, 7) is 2.42. The summed E-state index contributed by atoms with van der Waals surface area (Å²) in [5.41, 5.74) is 3.93. The number of nitrogens with zero attached hydrogens (tertiary/aromatic N) is 1. The van der Waals surface area contributed by atoms with Crippen molar-refractivity contribution in [2.75, 3.05) is 13.1 Å². The number of hydrogen-bond acceptors (Lipinski definition) is 1. The zero-order valence-corrected chi connectivity index (χ0v) is 10.8. The van der Waals surface area contributed by atoms with Gasteiger partial charge in [-0.25, -0.2) is 4.39 Å². The van der Waals surface area contributed by atoms with Gasteiger partial charge >= 0.3 is 0 Å². The Balaban J connectivity index is 1.78. The maximum Gasteiger partial charge on any atom is 0.123 e. The average Bonchev–Trinajstić information content (AvgIpc) is 3.01. The molecular weight excluding hydrogens is 239 g/mol. The lowest BCUT2D eigenvalue weighted by Gasteiger charge is -2.25. The number of halogens is 1. The standard InChI is InChI=1S/C16H17FN2/c17-10-2-3-13-12(7-10)11-5-6-19-8-9-1-4-14(19)15(9)16(11)18-13/h2-3,7,9,14-15,18H,1,4-6,8H2/t9?,14?,15-/m1/s1. The quantitative estimate of drug-likeness (QED) is 0.767. The molecule has 0 radical (unpaired) electrons. The molecule has 2 aliphatic heterocycles. The first-order valence-corrected chi connectivity index (χ1v) is 7.35. The predicted octanol–water partition coefficient (Wildman–Crippen LogP) is 3.04. The highest BCUT2D eigenvalue weighted by atomic mass is 19.1. The molecule has 0 amide bonds. The minimum atomic E-state index is -0.119. The van der Waals surface area contributed by atoms with Crippen molar-refractivity contribution >= 4 is 10.9 Å². The molecule has 4 bridgehead atoms. The van der Waals surface area contributed by atoms with Gasteiger partial charge < -0.3 is 4.98 Å². The number of aromatic amines is 1. The third-order valence-electron chi connectivity index (χ3n) is 5.58. The highest BCUT2D eigenvalue weighted by molar-refractivity contribution is 5.85. The Bertz CT molecular complexity index is 675. The lowest BCUT2D eigenvalue weighted by atomic mass is 9.91. The summed E-state index contributed by atoms with van der Waals surface area (Å²) < 4.78 is 13.5. The maximum atomic E-state index is 13.5. The van der Waals surface area contributed by atoms with Crippen molar-refractivity contribution in [3.8, 4) is 0 Å². The Morgan fingerprint density at radius 2 is 2.21 bits per heavy atom. The van der Waals surface area contributed by atoms with Gasteiger partial charge in [-0.2, -0.15) is 0 Å². The minimum Gasteiger partial charge on any atom is -0.358 e. The van der Waals surface area contributed by atoms with Gasteiger partial charge in [0, 0.05) is 41.6 Å². The van der Waals surface area contributed by atoms with Crippen molar-refractivity contribution in [2.24, 2.45) is 5.92 Å². The van der Waals surface area contributed by atoms with E-state index < -0.39 is 0 Å². The molecule has 2 nitrogen and oxygen atoms in total. The van der Waals surface area contributed by atoms with Crippen LogP contribution in [0.3, 0.4) is 0 Å². The molecule has 1 saturated heterocycles. The van der Waals surface area contributed by atoms with Crippen LogP contribution in [0, 0.1) is 11.7 Å². The molecule has 2 aromatic rings. The van der Waals surface area contributed by atoms with E-state index in [9.17, 15) is 4.39 Å². The van der Waals surface area contributed by atoms with Crippen LogP contribution in [-0.2, 0) is 6.42 Å². The van der Waals surface area contributed by atoms with Gasteiger partial charge in [-0.1, -0.05) is 0 Å². The number of rotatable bonds is 0. The lowest BCUT2D eigenvalue weighted by Crippen LogP contribution is -2.33. The molecule has 1 N–H and O–H groups in total. The van der Waals surface area contributed by atoms with Crippen LogP contribution in [0.1, 0.15) is 30.0 Å². The first-order valence-electron chi connectivity index (χ1n) is 7.35. The second-order valence-electron chi connectivity index (χ2n) is 6.38. The SMILES string of the molecule is Fc1ccc2[nH]c3c(c2c1)CCN1CC2CCC1[C@H]32. The summed E-state index contributed by atoms with van der Waals surface area (Å²) in [6.07, 6.45) is 3.78. The molecule has 5 rings (SSSR count). The summed E-state index contributed by atoms with van der Waals surface area (Å²) in [6, 6.07) is 5.91. The predicted molar refractivity (Wildman–Crippen MR) is 72.8 cm³/mol. The number of benzene rings is 1. The van der Waals surface area contributed by atoms with Gasteiger partial charge in [0.1, 0.15) is 5.82 Å².